The Kier molecular flexibility index (Phi) is 10.0. The number of aliphatic imine (C=N–C) groups is 1. The Labute approximate surface area is 258 Å². The molecular formula is C30H34F4N4O6S. The number of hydrogen-bond acceptors (Lipinski definition) is 7. The SMILES string of the molecule is CC(=O)OCCCN(C(C)=O)c1ccc(CCS(=O)(=O)N2CCC3(CC2)N=C(c2ccc(F)c(C(F)(F)F)c2)NC3=O)c(C)c1. The predicted molar refractivity (Wildman–Crippen MR) is 158 cm³/mol. The number of hydrogen-bond donors (Lipinski definition) is 1. The number of piperidine rings is 1. The average molecular weight is 655 g/mol. The number of benzene rings is 2. The third kappa shape index (κ3) is 7.87. The Morgan fingerprint density at radius 2 is 1.80 bits per heavy atom. The van der Waals surface area contributed by atoms with E-state index in [-0.39, 0.29) is 62.0 Å². The smallest absolute Gasteiger partial charge is 0.419 e. The van der Waals surface area contributed by atoms with Crippen molar-refractivity contribution in [3.05, 3.63) is 64.5 Å². The number of carbonyl (C=O) groups excluding carboxylic acids is 3. The lowest BCUT2D eigenvalue weighted by Gasteiger charge is -2.34. The van der Waals surface area contributed by atoms with E-state index >= 15 is 0 Å². The molecule has 0 aromatic heterocycles. The van der Waals surface area contributed by atoms with E-state index in [4.69, 9.17) is 4.74 Å². The van der Waals surface area contributed by atoms with Gasteiger partial charge < -0.3 is 15.0 Å². The Hall–Kier alpha value is -3.85. The highest BCUT2D eigenvalue weighted by molar-refractivity contribution is 7.89. The molecule has 0 atom stereocenters. The van der Waals surface area contributed by atoms with Gasteiger partial charge in [0.2, 0.25) is 15.9 Å². The van der Waals surface area contributed by atoms with Crippen LogP contribution < -0.4 is 10.2 Å². The standard InChI is InChI=1S/C30H34F4N4O6S/c1-19-17-24(38(20(2)39)12-4-15-44-21(3)40)7-5-22(19)9-16-45(42,43)37-13-10-29(11-14-37)28(41)35-27(36-29)23-6-8-26(31)25(18-23)30(32,33)34/h5-8,17-18H,4,9-16H2,1-3H3,(H,35,36,41). The number of nitrogens with zero attached hydrogens (tertiary/aromatic N) is 3. The first kappa shape index (κ1) is 34.0. The molecule has 10 nitrogen and oxygen atoms in total. The van der Waals surface area contributed by atoms with Crippen LogP contribution in [0.5, 0.6) is 0 Å². The number of esters is 1. The first-order valence-corrected chi connectivity index (χ1v) is 15.9. The molecule has 1 saturated heterocycles. The maximum atomic E-state index is 13.7. The number of anilines is 1. The maximum absolute atomic E-state index is 13.7. The van der Waals surface area contributed by atoms with Crippen LogP contribution in [0.2, 0.25) is 0 Å². The zero-order valence-corrected chi connectivity index (χ0v) is 25.9. The zero-order valence-electron chi connectivity index (χ0n) is 25.0. The summed E-state index contributed by atoms with van der Waals surface area (Å²) in [6.45, 7) is 5.06. The normalized spacial score (nSPS) is 16.8. The van der Waals surface area contributed by atoms with Gasteiger partial charge in [-0.2, -0.15) is 13.2 Å². The van der Waals surface area contributed by atoms with Gasteiger partial charge >= 0.3 is 12.1 Å². The van der Waals surface area contributed by atoms with E-state index in [0.717, 1.165) is 17.2 Å². The molecule has 2 heterocycles. The van der Waals surface area contributed by atoms with Gasteiger partial charge in [-0.25, -0.2) is 17.1 Å². The quantitative estimate of drug-likeness (QED) is 0.237. The molecule has 1 N–H and O–H groups in total. The molecule has 2 aliphatic heterocycles. The Balaban J connectivity index is 1.38. The summed E-state index contributed by atoms with van der Waals surface area (Å²) in [5, 5.41) is 2.48. The summed E-state index contributed by atoms with van der Waals surface area (Å²) in [6, 6.07) is 7.65. The average Bonchev–Trinajstić information content (AvgIpc) is 3.26. The second-order valence-corrected chi connectivity index (χ2v) is 13.2. The maximum Gasteiger partial charge on any atom is 0.419 e. The number of carbonyl (C=O) groups is 3. The van der Waals surface area contributed by atoms with Gasteiger partial charge in [0.15, 0.2) is 0 Å². The number of rotatable bonds is 10. The zero-order chi connectivity index (χ0) is 33.2. The predicted octanol–water partition coefficient (Wildman–Crippen LogP) is 3.74. The topological polar surface area (TPSA) is 125 Å². The van der Waals surface area contributed by atoms with Crippen LogP contribution in [0.4, 0.5) is 23.2 Å². The molecule has 1 spiro atoms. The van der Waals surface area contributed by atoms with Gasteiger partial charge in [0.05, 0.1) is 17.9 Å². The minimum absolute atomic E-state index is 0.0113. The van der Waals surface area contributed by atoms with E-state index in [1.165, 1.54) is 18.2 Å². The minimum Gasteiger partial charge on any atom is -0.466 e. The fourth-order valence-corrected chi connectivity index (χ4v) is 6.89. The molecule has 0 bridgehead atoms. The third-order valence-corrected chi connectivity index (χ3v) is 9.82. The number of ether oxygens (including phenoxy) is 1. The number of nitrogens with one attached hydrogen (secondary N) is 1. The Morgan fingerprint density at radius 3 is 2.40 bits per heavy atom. The summed E-state index contributed by atoms with van der Waals surface area (Å²) in [7, 11) is -3.74. The molecule has 15 heteroatoms. The summed E-state index contributed by atoms with van der Waals surface area (Å²) in [6.07, 6.45) is -4.21. The number of halogens is 4. The van der Waals surface area contributed by atoms with Gasteiger partial charge in [-0.15, -0.1) is 0 Å². The molecule has 0 unspecified atom stereocenters. The van der Waals surface area contributed by atoms with Gasteiger partial charge in [0.1, 0.15) is 17.2 Å². The second-order valence-electron chi connectivity index (χ2n) is 11.1. The molecule has 2 aromatic rings. The largest absolute Gasteiger partial charge is 0.466 e. The lowest BCUT2D eigenvalue weighted by Crippen LogP contribution is -2.50. The fourth-order valence-electron chi connectivity index (χ4n) is 5.42. The third-order valence-electron chi connectivity index (χ3n) is 7.95. The van der Waals surface area contributed by atoms with Crippen molar-refractivity contribution in [3.63, 3.8) is 0 Å². The highest BCUT2D eigenvalue weighted by Gasteiger charge is 2.47. The van der Waals surface area contributed by atoms with Crippen LogP contribution in [0.1, 0.15) is 55.4 Å². The van der Waals surface area contributed by atoms with Crippen molar-refractivity contribution in [2.75, 3.05) is 36.9 Å². The van der Waals surface area contributed by atoms with Gasteiger partial charge in [0.25, 0.3) is 5.91 Å². The summed E-state index contributed by atoms with van der Waals surface area (Å²) >= 11 is 0. The minimum atomic E-state index is -4.93. The molecule has 2 aliphatic rings. The summed E-state index contributed by atoms with van der Waals surface area (Å²) < 4.78 is 85.9. The summed E-state index contributed by atoms with van der Waals surface area (Å²) in [5.74, 6) is -2.89. The number of amides is 2. The van der Waals surface area contributed by atoms with Gasteiger partial charge in [-0.1, -0.05) is 6.07 Å². The number of amidine groups is 1. The molecule has 1 fully saturated rings. The van der Waals surface area contributed by atoms with Gasteiger partial charge in [0, 0.05) is 44.7 Å². The molecule has 2 aromatic carbocycles. The van der Waals surface area contributed by atoms with E-state index < -0.39 is 45.0 Å². The van der Waals surface area contributed by atoms with Crippen LogP contribution in [0.15, 0.2) is 41.4 Å². The summed E-state index contributed by atoms with van der Waals surface area (Å²) in [4.78, 5) is 42.0. The van der Waals surface area contributed by atoms with E-state index in [1.807, 2.05) is 6.92 Å². The number of aryl methyl sites for hydroxylation is 2. The number of sulfonamides is 1. The second kappa shape index (κ2) is 13.3. The molecule has 0 radical (unpaired) electrons. The molecule has 0 aliphatic carbocycles. The monoisotopic (exact) mass is 654 g/mol. The highest BCUT2D eigenvalue weighted by Crippen LogP contribution is 2.35. The Bertz CT molecular complexity index is 1620. The van der Waals surface area contributed by atoms with Crippen LogP contribution >= 0.6 is 0 Å². The molecular weight excluding hydrogens is 620 g/mol. The molecule has 45 heavy (non-hydrogen) atoms. The van der Waals surface area contributed by atoms with Crippen LogP contribution in [-0.2, 0) is 41.7 Å². The van der Waals surface area contributed by atoms with E-state index in [1.54, 1.807) is 23.1 Å². The molecule has 0 saturated carbocycles. The van der Waals surface area contributed by atoms with Crippen molar-refractivity contribution in [1.82, 2.24) is 9.62 Å². The number of alkyl halides is 3. The van der Waals surface area contributed by atoms with Crippen molar-refractivity contribution in [1.29, 1.82) is 0 Å². The van der Waals surface area contributed by atoms with Crippen LogP contribution in [0.3, 0.4) is 0 Å². The van der Waals surface area contributed by atoms with Crippen LogP contribution in [-0.4, -0.2) is 73.9 Å². The van der Waals surface area contributed by atoms with E-state index in [2.05, 4.69) is 10.3 Å². The first-order valence-electron chi connectivity index (χ1n) is 14.3. The lowest BCUT2D eigenvalue weighted by atomic mass is 9.89. The van der Waals surface area contributed by atoms with Gasteiger partial charge in [-0.3, -0.25) is 19.4 Å². The highest BCUT2D eigenvalue weighted by atomic mass is 32.2. The van der Waals surface area contributed by atoms with Crippen molar-refractivity contribution in [2.45, 2.75) is 58.2 Å². The molecule has 4 rings (SSSR count). The fraction of sp³-hybridized carbons (Fsp3) is 0.467. The van der Waals surface area contributed by atoms with Crippen LogP contribution in [0.25, 0.3) is 0 Å². The van der Waals surface area contributed by atoms with Crippen molar-refractivity contribution >= 4 is 39.3 Å². The lowest BCUT2D eigenvalue weighted by molar-refractivity contribution is -0.141. The van der Waals surface area contributed by atoms with Crippen molar-refractivity contribution in [2.24, 2.45) is 4.99 Å². The molecule has 2 amide bonds. The van der Waals surface area contributed by atoms with E-state index in [9.17, 15) is 40.4 Å². The molecule has 244 valence electrons. The van der Waals surface area contributed by atoms with Gasteiger partial charge in [-0.05, 0) is 74.1 Å². The van der Waals surface area contributed by atoms with E-state index in [0.29, 0.717) is 30.8 Å². The Morgan fingerprint density at radius 1 is 1.11 bits per heavy atom. The van der Waals surface area contributed by atoms with Crippen LogP contribution in [0, 0.1) is 12.7 Å². The van der Waals surface area contributed by atoms with Crippen molar-refractivity contribution in [3.8, 4) is 0 Å². The summed E-state index contributed by atoms with van der Waals surface area (Å²) in [5.41, 5.74) is -0.691. The first-order chi connectivity index (χ1) is 21.0. The van der Waals surface area contributed by atoms with Crippen molar-refractivity contribution < 1.29 is 45.1 Å².